The number of hydrogen-bond donors (Lipinski definition) is 0. The third-order valence-corrected chi connectivity index (χ3v) is 1.92. The summed E-state index contributed by atoms with van der Waals surface area (Å²) in [5.74, 6) is -0.515. The molecule has 1 aromatic rings. The second kappa shape index (κ2) is 3.01. The van der Waals surface area contributed by atoms with E-state index in [9.17, 15) is 9.59 Å². The molecule has 0 fully saturated rings. The monoisotopic (exact) mass is 175 g/mol. The highest BCUT2D eigenvalue weighted by atomic mass is 16.5. The lowest BCUT2D eigenvalue weighted by molar-refractivity contribution is 0.0511. The Morgan fingerprint density at radius 3 is 3.08 bits per heavy atom. The average molecular weight is 175 g/mol. The van der Waals surface area contributed by atoms with Gasteiger partial charge >= 0.3 is 5.97 Å². The quantitative estimate of drug-likeness (QED) is 0.557. The first kappa shape index (κ1) is 7.98. The van der Waals surface area contributed by atoms with Crippen LogP contribution in [0, 0.1) is 6.07 Å². The molecule has 1 aliphatic heterocycles. The highest BCUT2D eigenvalue weighted by molar-refractivity contribution is 6.07. The zero-order chi connectivity index (χ0) is 9.26. The molecule has 0 saturated carbocycles. The van der Waals surface area contributed by atoms with Crippen molar-refractivity contribution in [3.05, 3.63) is 35.4 Å². The summed E-state index contributed by atoms with van der Waals surface area (Å²) in [4.78, 5) is 22.6. The van der Waals surface area contributed by atoms with Gasteiger partial charge in [0.1, 0.15) is 0 Å². The molecule has 3 heteroatoms. The number of carbonyl (C=O) groups excluding carboxylic acids is 2. The number of esters is 1. The molecule has 2 rings (SSSR count). The summed E-state index contributed by atoms with van der Waals surface area (Å²) < 4.78 is 4.81. The van der Waals surface area contributed by atoms with Crippen molar-refractivity contribution in [1.82, 2.24) is 0 Å². The summed E-state index contributed by atoms with van der Waals surface area (Å²) in [6.07, 6.45) is 0.261. The van der Waals surface area contributed by atoms with Crippen LogP contribution in [0.5, 0.6) is 0 Å². The van der Waals surface area contributed by atoms with Crippen LogP contribution in [0.3, 0.4) is 0 Å². The molecule has 1 aliphatic rings. The van der Waals surface area contributed by atoms with Gasteiger partial charge in [0.2, 0.25) is 0 Å². The lowest BCUT2D eigenvalue weighted by Gasteiger charge is -1.99. The first-order valence-corrected chi connectivity index (χ1v) is 4.00. The molecule has 0 amide bonds. The smallest absolute Gasteiger partial charge is 0.339 e. The lowest BCUT2D eigenvalue weighted by atomic mass is 10.0. The fourth-order valence-corrected chi connectivity index (χ4v) is 1.28. The Labute approximate surface area is 75.3 Å². The predicted octanol–water partition coefficient (Wildman–Crippen LogP) is 1.23. The molecular weight excluding hydrogens is 168 g/mol. The van der Waals surface area contributed by atoms with Gasteiger partial charge in [0.15, 0.2) is 5.78 Å². The molecule has 0 N–H and O–H groups in total. The zero-order valence-electron chi connectivity index (χ0n) is 6.87. The van der Waals surface area contributed by atoms with E-state index in [-0.39, 0.29) is 24.4 Å². The third kappa shape index (κ3) is 1.33. The van der Waals surface area contributed by atoms with Crippen molar-refractivity contribution in [3.63, 3.8) is 0 Å². The van der Waals surface area contributed by atoms with E-state index in [2.05, 4.69) is 6.07 Å². The van der Waals surface area contributed by atoms with E-state index in [0.29, 0.717) is 5.56 Å². The van der Waals surface area contributed by atoms with Gasteiger partial charge in [-0.2, -0.15) is 0 Å². The van der Waals surface area contributed by atoms with Gasteiger partial charge in [0.05, 0.1) is 12.2 Å². The van der Waals surface area contributed by atoms with Crippen LogP contribution in [0.15, 0.2) is 18.2 Å². The van der Waals surface area contributed by atoms with Crippen molar-refractivity contribution < 1.29 is 14.3 Å². The van der Waals surface area contributed by atoms with Crippen LogP contribution in [0.25, 0.3) is 0 Å². The van der Waals surface area contributed by atoms with Crippen LogP contribution in [0.4, 0.5) is 0 Å². The standard InChI is InChI=1S/C10H7O3/c11-9-5-6-13-10(12)8-4-2-1-3-7(8)9/h1-3H,5-6H2. The Kier molecular flexibility index (Phi) is 1.85. The molecule has 1 aromatic carbocycles. The van der Waals surface area contributed by atoms with Gasteiger partial charge < -0.3 is 4.74 Å². The minimum Gasteiger partial charge on any atom is -0.462 e. The number of carbonyl (C=O) groups is 2. The molecule has 0 aliphatic carbocycles. The largest absolute Gasteiger partial charge is 0.462 e. The maximum Gasteiger partial charge on any atom is 0.339 e. The molecule has 13 heavy (non-hydrogen) atoms. The first-order chi connectivity index (χ1) is 6.29. The van der Waals surface area contributed by atoms with E-state index in [4.69, 9.17) is 4.74 Å². The molecule has 0 saturated heterocycles. The highest BCUT2D eigenvalue weighted by Crippen LogP contribution is 2.15. The highest BCUT2D eigenvalue weighted by Gasteiger charge is 2.21. The summed E-state index contributed by atoms with van der Waals surface area (Å²) in [6, 6.07) is 7.63. The second-order valence-corrected chi connectivity index (χ2v) is 2.77. The van der Waals surface area contributed by atoms with Crippen molar-refractivity contribution in [2.45, 2.75) is 6.42 Å². The minimum atomic E-state index is -0.457. The van der Waals surface area contributed by atoms with Crippen molar-refractivity contribution in [1.29, 1.82) is 0 Å². The number of Topliss-reactive ketones (excluding diaryl/α,β-unsaturated/α-hetero) is 1. The number of hydrogen-bond acceptors (Lipinski definition) is 3. The van der Waals surface area contributed by atoms with E-state index in [0.717, 1.165) is 0 Å². The zero-order valence-corrected chi connectivity index (χ0v) is 6.87. The van der Waals surface area contributed by atoms with Crippen molar-refractivity contribution in [2.75, 3.05) is 6.61 Å². The number of benzene rings is 1. The summed E-state index contributed by atoms with van der Waals surface area (Å²) in [6.45, 7) is 0.167. The minimum absolute atomic E-state index is 0.0577. The Balaban J connectivity index is 2.57. The van der Waals surface area contributed by atoms with Gasteiger partial charge in [-0.25, -0.2) is 4.79 Å². The van der Waals surface area contributed by atoms with Gasteiger partial charge in [0.25, 0.3) is 0 Å². The van der Waals surface area contributed by atoms with Crippen LogP contribution in [-0.2, 0) is 4.74 Å². The van der Waals surface area contributed by atoms with E-state index in [1.807, 2.05) is 0 Å². The maximum absolute atomic E-state index is 11.4. The molecule has 0 bridgehead atoms. The molecule has 1 radical (unpaired) electrons. The van der Waals surface area contributed by atoms with Crippen LogP contribution >= 0.6 is 0 Å². The normalized spacial score (nSPS) is 16.0. The van der Waals surface area contributed by atoms with E-state index in [1.54, 1.807) is 18.2 Å². The fourth-order valence-electron chi connectivity index (χ4n) is 1.28. The summed E-state index contributed by atoms with van der Waals surface area (Å²) >= 11 is 0. The van der Waals surface area contributed by atoms with E-state index in [1.165, 1.54) is 0 Å². The summed E-state index contributed by atoms with van der Waals surface area (Å²) in [7, 11) is 0. The van der Waals surface area contributed by atoms with Gasteiger partial charge in [-0.1, -0.05) is 18.2 Å². The van der Waals surface area contributed by atoms with Crippen molar-refractivity contribution in [2.24, 2.45) is 0 Å². The van der Waals surface area contributed by atoms with E-state index < -0.39 is 5.97 Å². The molecule has 0 spiro atoms. The van der Waals surface area contributed by atoms with Gasteiger partial charge in [-0.05, 0) is 6.07 Å². The van der Waals surface area contributed by atoms with Gasteiger partial charge in [0, 0.05) is 12.0 Å². The number of ketones is 1. The maximum atomic E-state index is 11.4. The average Bonchev–Trinajstić information content (AvgIpc) is 2.29. The Morgan fingerprint density at radius 1 is 1.38 bits per heavy atom. The number of cyclic esters (lactones) is 1. The predicted molar refractivity (Wildman–Crippen MR) is 44.5 cm³/mol. The summed E-state index contributed by atoms with van der Waals surface area (Å²) in [5, 5.41) is 0. The summed E-state index contributed by atoms with van der Waals surface area (Å²) in [5.41, 5.74) is 0.676. The Morgan fingerprint density at radius 2 is 2.23 bits per heavy atom. The molecule has 3 nitrogen and oxygen atoms in total. The first-order valence-electron chi connectivity index (χ1n) is 4.00. The van der Waals surface area contributed by atoms with Crippen molar-refractivity contribution >= 4 is 11.8 Å². The van der Waals surface area contributed by atoms with Crippen LogP contribution in [-0.4, -0.2) is 18.4 Å². The topological polar surface area (TPSA) is 43.4 Å². The molecule has 65 valence electrons. The van der Waals surface area contributed by atoms with Gasteiger partial charge in [-0.15, -0.1) is 0 Å². The fraction of sp³-hybridized carbons (Fsp3) is 0.200. The molecular formula is C10H7O3. The number of rotatable bonds is 0. The molecule has 0 unspecified atom stereocenters. The Bertz CT molecular complexity index is 333. The SMILES string of the molecule is O=C1OCCC(=O)c2ccc[c]c21. The Hall–Kier alpha value is -1.64. The molecule has 0 aromatic heterocycles. The van der Waals surface area contributed by atoms with Crippen molar-refractivity contribution in [3.8, 4) is 0 Å². The number of ether oxygens (including phenoxy) is 1. The van der Waals surface area contributed by atoms with Crippen LogP contribution in [0.1, 0.15) is 27.1 Å². The van der Waals surface area contributed by atoms with Crippen LogP contribution < -0.4 is 0 Å². The van der Waals surface area contributed by atoms with Gasteiger partial charge in [-0.3, -0.25) is 4.79 Å². The molecule has 1 heterocycles. The van der Waals surface area contributed by atoms with Crippen LogP contribution in [0.2, 0.25) is 0 Å². The van der Waals surface area contributed by atoms with E-state index >= 15 is 0 Å². The third-order valence-electron chi connectivity index (χ3n) is 1.92. The number of fused-ring (bicyclic) bond motifs is 1. The second-order valence-electron chi connectivity index (χ2n) is 2.77. The molecule has 0 atom stereocenters. The lowest BCUT2D eigenvalue weighted by Crippen LogP contribution is -2.04.